The van der Waals surface area contributed by atoms with Crippen LogP contribution in [0.25, 0.3) is 0 Å². The highest BCUT2D eigenvalue weighted by atomic mass is 16.5. The fourth-order valence-electron chi connectivity index (χ4n) is 1.41. The second kappa shape index (κ2) is 8.99. The van der Waals surface area contributed by atoms with Crippen LogP contribution in [0.15, 0.2) is 48.8 Å². The van der Waals surface area contributed by atoms with E-state index in [0.29, 0.717) is 17.5 Å². The Morgan fingerprint density at radius 3 is 2.33 bits per heavy atom. The first kappa shape index (κ1) is 16.1. The van der Waals surface area contributed by atoms with Crippen LogP contribution in [0.1, 0.15) is 26.3 Å². The second-order valence-corrected chi connectivity index (χ2v) is 3.92. The van der Waals surface area contributed by atoms with Gasteiger partial charge in [0, 0.05) is 18.0 Å². The number of rotatable bonds is 3. The molecule has 0 N–H and O–H groups in total. The number of pyridine rings is 1. The highest BCUT2D eigenvalue weighted by molar-refractivity contribution is 5.90. The van der Waals surface area contributed by atoms with E-state index in [2.05, 4.69) is 15.8 Å². The minimum Gasteiger partial charge on any atom is -0.465 e. The van der Waals surface area contributed by atoms with Gasteiger partial charge in [-0.1, -0.05) is 12.1 Å². The van der Waals surface area contributed by atoms with E-state index in [1.165, 1.54) is 7.11 Å². The molecule has 0 saturated heterocycles. The van der Waals surface area contributed by atoms with E-state index in [9.17, 15) is 9.59 Å². The van der Waals surface area contributed by atoms with Crippen LogP contribution in [0.3, 0.4) is 0 Å². The van der Waals surface area contributed by atoms with Crippen molar-refractivity contribution in [1.82, 2.24) is 4.98 Å². The van der Waals surface area contributed by atoms with Crippen molar-refractivity contribution in [3.8, 4) is 6.07 Å². The lowest BCUT2D eigenvalue weighted by Crippen LogP contribution is -2.00. The summed E-state index contributed by atoms with van der Waals surface area (Å²) < 4.78 is 4.48. The molecule has 2 rings (SSSR count). The first-order chi connectivity index (χ1) is 10.2. The SMILES string of the molecule is COC(=O)c1ccc(C=O)cc1.N#CCc1ccncc1. The molecule has 0 unspecified atom stereocenters. The molecule has 0 aliphatic heterocycles. The van der Waals surface area contributed by atoms with Gasteiger partial charge in [0.25, 0.3) is 0 Å². The molecule has 106 valence electrons. The number of carbonyl (C=O) groups is 2. The number of hydrogen-bond donors (Lipinski definition) is 0. The van der Waals surface area contributed by atoms with Crippen LogP contribution in [0.4, 0.5) is 0 Å². The van der Waals surface area contributed by atoms with Crippen LogP contribution in [-0.4, -0.2) is 24.3 Å². The van der Waals surface area contributed by atoms with Gasteiger partial charge < -0.3 is 4.74 Å². The van der Waals surface area contributed by atoms with E-state index >= 15 is 0 Å². The van der Waals surface area contributed by atoms with E-state index in [-0.39, 0.29) is 0 Å². The van der Waals surface area contributed by atoms with Crippen LogP contribution in [0.5, 0.6) is 0 Å². The molecular weight excluding hydrogens is 268 g/mol. The Labute approximate surface area is 122 Å². The number of carbonyl (C=O) groups excluding carboxylic acids is 2. The van der Waals surface area contributed by atoms with Crippen molar-refractivity contribution < 1.29 is 14.3 Å². The molecule has 0 spiro atoms. The Morgan fingerprint density at radius 2 is 1.86 bits per heavy atom. The summed E-state index contributed by atoms with van der Waals surface area (Å²) in [5, 5.41) is 8.25. The first-order valence-electron chi connectivity index (χ1n) is 6.10. The lowest BCUT2D eigenvalue weighted by molar-refractivity contribution is 0.0600. The topological polar surface area (TPSA) is 80.0 Å². The van der Waals surface area contributed by atoms with E-state index in [1.54, 1.807) is 36.7 Å². The van der Waals surface area contributed by atoms with E-state index in [1.807, 2.05) is 12.1 Å². The largest absolute Gasteiger partial charge is 0.465 e. The van der Waals surface area contributed by atoms with Gasteiger partial charge in [0.1, 0.15) is 6.29 Å². The summed E-state index contributed by atoms with van der Waals surface area (Å²) in [5.41, 5.74) is 2.01. The van der Waals surface area contributed by atoms with Crippen molar-refractivity contribution >= 4 is 12.3 Å². The molecule has 5 heteroatoms. The smallest absolute Gasteiger partial charge is 0.337 e. The lowest BCUT2D eigenvalue weighted by atomic mass is 10.1. The van der Waals surface area contributed by atoms with Gasteiger partial charge in [-0.15, -0.1) is 0 Å². The summed E-state index contributed by atoms with van der Waals surface area (Å²) in [6.07, 6.45) is 4.57. The molecule has 2 aromatic rings. The third-order valence-corrected chi connectivity index (χ3v) is 2.50. The molecule has 0 amide bonds. The molecule has 1 aromatic carbocycles. The maximum atomic E-state index is 10.9. The van der Waals surface area contributed by atoms with Gasteiger partial charge in [0.15, 0.2) is 0 Å². The second-order valence-electron chi connectivity index (χ2n) is 3.92. The molecule has 0 aliphatic rings. The fourth-order valence-corrected chi connectivity index (χ4v) is 1.41. The zero-order valence-corrected chi connectivity index (χ0v) is 11.5. The zero-order valence-electron chi connectivity index (χ0n) is 11.5. The minimum absolute atomic E-state index is 0.396. The maximum Gasteiger partial charge on any atom is 0.337 e. The van der Waals surface area contributed by atoms with Gasteiger partial charge in [-0.3, -0.25) is 9.78 Å². The van der Waals surface area contributed by atoms with Crippen LogP contribution in [-0.2, 0) is 11.2 Å². The Hall–Kier alpha value is -3.00. The van der Waals surface area contributed by atoms with Crippen LogP contribution in [0.2, 0.25) is 0 Å². The van der Waals surface area contributed by atoms with Crippen molar-refractivity contribution in [3.05, 3.63) is 65.5 Å². The standard InChI is InChI=1S/C9H8O3.C7H6N2/c1-12-9(11)8-4-2-7(6-10)3-5-8;8-4-1-7-2-5-9-6-3-7/h2-6H,1H3;2-3,5-6H,1H2. The highest BCUT2D eigenvalue weighted by Gasteiger charge is 2.02. The van der Waals surface area contributed by atoms with Crippen molar-refractivity contribution in [3.63, 3.8) is 0 Å². The van der Waals surface area contributed by atoms with Gasteiger partial charge in [-0.05, 0) is 29.8 Å². The number of aromatic nitrogens is 1. The molecule has 0 saturated carbocycles. The third-order valence-electron chi connectivity index (χ3n) is 2.50. The predicted molar refractivity (Wildman–Crippen MR) is 76.7 cm³/mol. The summed E-state index contributed by atoms with van der Waals surface area (Å²) in [4.78, 5) is 25.0. The average molecular weight is 282 g/mol. The number of nitriles is 1. The molecule has 21 heavy (non-hydrogen) atoms. The van der Waals surface area contributed by atoms with E-state index < -0.39 is 5.97 Å². The number of aldehydes is 1. The Kier molecular flexibility index (Phi) is 6.87. The van der Waals surface area contributed by atoms with Gasteiger partial charge in [0.2, 0.25) is 0 Å². The molecule has 0 aliphatic carbocycles. The molecule has 5 nitrogen and oxygen atoms in total. The molecular formula is C16H14N2O3. The average Bonchev–Trinajstić information content (AvgIpc) is 2.56. The molecule has 0 bridgehead atoms. The molecule has 1 heterocycles. The zero-order chi connectivity index (χ0) is 15.5. The van der Waals surface area contributed by atoms with Crippen LogP contribution >= 0.6 is 0 Å². The number of ether oxygens (including phenoxy) is 1. The van der Waals surface area contributed by atoms with Crippen molar-refractivity contribution in [2.45, 2.75) is 6.42 Å². The Balaban J connectivity index is 0.000000219. The summed E-state index contributed by atoms with van der Waals surface area (Å²) >= 11 is 0. The van der Waals surface area contributed by atoms with Gasteiger partial charge >= 0.3 is 5.97 Å². The van der Waals surface area contributed by atoms with Gasteiger partial charge in [0.05, 0.1) is 25.2 Å². The Morgan fingerprint density at radius 1 is 1.24 bits per heavy atom. The van der Waals surface area contributed by atoms with Gasteiger partial charge in [-0.25, -0.2) is 4.79 Å². The van der Waals surface area contributed by atoms with Gasteiger partial charge in [-0.2, -0.15) is 5.26 Å². The number of hydrogen-bond acceptors (Lipinski definition) is 5. The summed E-state index contributed by atoms with van der Waals surface area (Å²) in [7, 11) is 1.32. The third kappa shape index (κ3) is 5.66. The summed E-state index contributed by atoms with van der Waals surface area (Å²) in [6.45, 7) is 0. The fraction of sp³-hybridized carbons (Fsp3) is 0.125. The number of benzene rings is 1. The number of esters is 1. The van der Waals surface area contributed by atoms with Crippen molar-refractivity contribution in [1.29, 1.82) is 5.26 Å². The maximum absolute atomic E-state index is 10.9. The van der Waals surface area contributed by atoms with Crippen molar-refractivity contribution in [2.24, 2.45) is 0 Å². The lowest BCUT2D eigenvalue weighted by Gasteiger charge is -1.97. The highest BCUT2D eigenvalue weighted by Crippen LogP contribution is 2.03. The van der Waals surface area contributed by atoms with Crippen LogP contribution in [0, 0.1) is 11.3 Å². The summed E-state index contributed by atoms with van der Waals surface area (Å²) in [5.74, 6) is -0.396. The predicted octanol–water partition coefficient (Wildman–Crippen LogP) is 2.43. The minimum atomic E-state index is -0.396. The number of nitrogens with zero attached hydrogens (tertiary/aromatic N) is 2. The summed E-state index contributed by atoms with van der Waals surface area (Å²) in [6, 6.07) is 12.0. The monoisotopic (exact) mass is 282 g/mol. The quantitative estimate of drug-likeness (QED) is 0.638. The molecule has 1 aromatic heterocycles. The molecule has 0 atom stereocenters. The van der Waals surface area contributed by atoms with Crippen LogP contribution < -0.4 is 0 Å². The van der Waals surface area contributed by atoms with E-state index in [0.717, 1.165) is 11.8 Å². The first-order valence-corrected chi connectivity index (χ1v) is 6.10. The molecule has 0 radical (unpaired) electrons. The Bertz CT molecular complexity index is 616. The normalized spacial score (nSPS) is 8.76. The molecule has 0 fully saturated rings. The number of methoxy groups -OCH3 is 1. The van der Waals surface area contributed by atoms with Crippen molar-refractivity contribution in [2.75, 3.05) is 7.11 Å². The van der Waals surface area contributed by atoms with E-state index in [4.69, 9.17) is 5.26 Å².